The van der Waals surface area contributed by atoms with E-state index in [0.29, 0.717) is 18.7 Å². The van der Waals surface area contributed by atoms with Crippen LogP contribution in [0.25, 0.3) is 6.08 Å². The van der Waals surface area contributed by atoms with Gasteiger partial charge in [-0.1, -0.05) is 38.1 Å². The monoisotopic (exact) mass is 462 g/mol. The molecule has 1 atom stereocenters. The maximum atomic E-state index is 13.0. The summed E-state index contributed by atoms with van der Waals surface area (Å²) >= 11 is 0. The van der Waals surface area contributed by atoms with Crippen molar-refractivity contribution in [3.8, 4) is 0 Å². The lowest BCUT2D eigenvalue weighted by atomic mass is 10.1. The fourth-order valence-corrected chi connectivity index (χ4v) is 4.39. The smallest absolute Gasteiger partial charge is 0.331 e. The molecule has 172 valence electrons. The van der Waals surface area contributed by atoms with Gasteiger partial charge in [0.05, 0.1) is 10.9 Å². The molecule has 0 aliphatic carbocycles. The van der Waals surface area contributed by atoms with Crippen molar-refractivity contribution in [3.05, 3.63) is 71.6 Å². The minimum Gasteiger partial charge on any atom is -0.452 e. The molecule has 0 aliphatic rings. The van der Waals surface area contributed by atoms with Crippen molar-refractivity contribution in [2.45, 2.75) is 31.7 Å². The summed E-state index contributed by atoms with van der Waals surface area (Å²) in [6.07, 6.45) is 2.62. The molecule has 0 saturated heterocycles. The normalized spacial score (nSPS) is 12.7. The van der Waals surface area contributed by atoms with Crippen molar-refractivity contribution in [1.82, 2.24) is 9.62 Å². The summed E-state index contributed by atoms with van der Waals surface area (Å²) in [5.41, 5.74) is 1.33. The number of halogens is 1. The Kier molecular flexibility index (Phi) is 9.10. The first-order valence-electron chi connectivity index (χ1n) is 10.2. The van der Waals surface area contributed by atoms with Crippen LogP contribution in [0, 0.1) is 5.82 Å². The van der Waals surface area contributed by atoms with Gasteiger partial charge in [0.15, 0.2) is 6.61 Å². The molecule has 2 aromatic carbocycles. The van der Waals surface area contributed by atoms with Crippen molar-refractivity contribution >= 4 is 28.0 Å². The summed E-state index contributed by atoms with van der Waals surface area (Å²) in [5.74, 6) is -1.57. The number of carbonyl (C=O) groups is 2. The Morgan fingerprint density at radius 1 is 1.06 bits per heavy atom. The fourth-order valence-electron chi connectivity index (χ4n) is 2.93. The SMILES string of the molecule is CCN(CC)S(=O)(=O)c1ccc(/C=C/C(=O)OCC(=O)NC(C)c2ccc(F)cc2)cc1. The Bertz CT molecular complexity index is 1050. The van der Waals surface area contributed by atoms with E-state index in [2.05, 4.69) is 5.32 Å². The highest BCUT2D eigenvalue weighted by Crippen LogP contribution is 2.17. The molecule has 32 heavy (non-hydrogen) atoms. The van der Waals surface area contributed by atoms with Crippen LogP contribution in [0.1, 0.15) is 37.9 Å². The molecule has 9 heteroatoms. The molecule has 1 unspecified atom stereocenters. The van der Waals surface area contributed by atoms with Gasteiger partial charge in [-0.25, -0.2) is 17.6 Å². The molecular weight excluding hydrogens is 435 g/mol. The van der Waals surface area contributed by atoms with E-state index < -0.39 is 28.5 Å². The third-order valence-corrected chi connectivity index (χ3v) is 6.79. The largest absolute Gasteiger partial charge is 0.452 e. The summed E-state index contributed by atoms with van der Waals surface area (Å²) in [4.78, 5) is 24.0. The number of carbonyl (C=O) groups excluding carboxylic acids is 2. The van der Waals surface area contributed by atoms with E-state index in [0.717, 1.165) is 11.6 Å². The molecule has 0 heterocycles. The molecule has 0 aromatic heterocycles. The number of nitrogens with one attached hydrogen (secondary N) is 1. The van der Waals surface area contributed by atoms with Crippen molar-refractivity contribution in [2.24, 2.45) is 0 Å². The van der Waals surface area contributed by atoms with Gasteiger partial charge in [-0.15, -0.1) is 0 Å². The summed E-state index contributed by atoms with van der Waals surface area (Å²) in [6, 6.07) is 11.5. The van der Waals surface area contributed by atoms with Crippen molar-refractivity contribution in [2.75, 3.05) is 19.7 Å². The molecule has 0 aliphatic heterocycles. The molecule has 0 bridgehead atoms. The lowest BCUT2D eigenvalue weighted by Gasteiger charge is -2.18. The number of nitrogens with zero attached hydrogens (tertiary/aromatic N) is 1. The van der Waals surface area contributed by atoms with Crippen LogP contribution < -0.4 is 5.32 Å². The molecule has 1 N–H and O–H groups in total. The first-order valence-corrected chi connectivity index (χ1v) is 11.6. The third kappa shape index (κ3) is 7.00. The predicted molar refractivity (Wildman–Crippen MR) is 119 cm³/mol. The highest BCUT2D eigenvalue weighted by atomic mass is 32.2. The maximum absolute atomic E-state index is 13.0. The first-order chi connectivity index (χ1) is 15.2. The number of hydrogen-bond acceptors (Lipinski definition) is 5. The zero-order valence-electron chi connectivity index (χ0n) is 18.2. The Hall–Kier alpha value is -3.04. The molecule has 0 radical (unpaired) electrons. The third-order valence-electron chi connectivity index (χ3n) is 4.73. The summed E-state index contributed by atoms with van der Waals surface area (Å²) in [6.45, 7) is 5.57. The average Bonchev–Trinajstić information content (AvgIpc) is 2.77. The van der Waals surface area contributed by atoms with Gasteiger partial charge in [-0.05, 0) is 48.4 Å². The Balaban J connectivity index is 1.86. The maximum Gasteiger partial charge on any atom is 0.331 e. The van der Waals surface area contributed by atoms with Crippen LogP contribution in [0.5, 0.6) is 0 Å². The summed E-state index contributed by atoms with van der Waals surface area (Å²) < 4.78 is 44.2. The van der Waals surface area contributed by atoms with Crippen LogP contribution in [-0.4, -0.2) is 44.3 Å². The van der Waals surface area contributed by atoms with Gasteiger partial charge in [-0.2, -0.15) is 4.31 Å². The number of ether oxygens (including phenoxy) is 1. The summed E-state index contributed by atoms with van der Waals surface area (Å²) in [7, 11) is -3.55. The van der Waals surface area contributed by atoms with Gasteiger partial charge in [0.2, 0.25) is 10.0 Å². The molecule has 2 rings (SSSR count). The van der Waals surface area contributed by atoms with E-state index in [1.165, 1.54) is 34.6 Å². The van der Waals surface area contributed by atoms with Gasteiger partial charge >= 0.3 is 5.97 Å². The van der Waals surface area contributed by atoms with E-state index in [4.69, 9.17) is 4.74 Å². The number of esters is 1. The van der Waals surface area contributed by atoms with Crippen LogP contribution in [0.4, 0.5) is 4.39 Å². The Morgan fingerprint density at radius 2 is 1.66 bits per heavy atom. The van der Waals surface area contributed by atoms with Crippen LogP contribution in [0.2, 0.25) is 0 Å². The second-order valence-corrected chi connectivity index (χ2v) is 8.88. The number of hydrogen-bond donors (Lipinski definition) is 1. The zero-order chi connectivity index (χ0) is 23.7. The average molecular weight is 463 g/mol. The zero-order valence-corrected chi connectivity index (χ0v) is 19.1. The number of amides is 1. The topological polar surface area (TPSA) is 92.8 Å². The lowest BCUT2D eigenvalue weighted by molar-refractivity contribution is -0.144. The molecular formula is C23H27FN2O5S. The van der Waals surface area contributed by atoms with E-state index in [9.17, 15) is 22.4 Å². The quantitative estimate of drug-likeness (QED) is 0.432. The van der Waals surface area contributed by atoms with E-state index in [1.807, 2.05) is 0 Å². The highest BCUT2D eigenvalue weighted by Gasteiger charge is 2.21. The molecule has 2 aromatic rings. The lowest BCUT2D eigenvalue weighted by Crippen LogP contribution is -2.30. The highest BCUT2D eigenvalue weighted by molar-refractivity contribution is 7.89. The second kappa shape index (κ2) is 11.5. The van der Waals surface area contributed by atoms with E-state index in [-0.39, 0.29) is 16.8 Å². The van der Waals surface area contributed by atoms with Gasteiger partial charge < -0.3 is 10.1 Å². The molecule has 1 amide bonds. The van der Waals surface area contributed by atoms with Crippen molar-refractivity contribution in [1.29, 1.82) is 0 Å². The van der Waals surface area contributed by atoms with E-state index >= 15 is 0 Å². The second-order valence-electron chi connectivity index (χ2n) is 6.94. The van der Waals surface area contributed by atoms with Crippen LogP contribution >= 0.6 is 0 Å². The standard InChI is InChI=1S/C23H27FN2O5S/c1-4-26(5-2)32(29,30)21-13-6-18(7-14-21)8-15-23(28)31-16-22(27)25-17(3)19-9-11-20(24)12-10-19/h6-15,17H,4-5,16H2,1-3H3,(H,25,27)/b15-8+. The molecule has 7 nitrogen and oxygen atoms in total. The van der Waals surface area contributed by atoms with Gasteiger partial charge in [0.25, 0.3) is 5.91 Å². The van der Waals surface area contributed by atoms with Crippen LogP contribution in [0.3, 0.4) is 0 Å². The van der Waals surface area contributed by atoms with E-state index in [1.54, 1.807) is 45.0 Å². The number of benzene rings is 2. The van der Waals surface area contributed by atoms with Crippen LogP contribution in [0.15, 0.2) is 59.5 Å². The van der Waals surface area contributed by atoms with Crippen molar-refractivity contribution in [3.63, 3.8) is 0 Å². The molecule has 0 saturated carbocycles. The fraction of sp³-hybridized carbons (Fsp3) is 0.304. The van der Waals surface area contributed by atoms with Crippen molar-refractivity contribution < 1.29 is 27.1 Å². The Morgan fingerprint density at radius 3 is 2.22 bits per heavy atom. The molecule has 0 fully saturated rings. The Labute approximate surface area is 187 Å². The van der Waals surface area contributed by atoms with Crippen LogP contribution in [-0.2, 0) is 24.3 Å². The number of sulfonamides is 1. The number of rotatable bonds is 10. The van der Waals surface area contributed by atoms with Gasteiger partial charge in [-0.3, -0.25) is 4.79 Å². The van der Waals surface area contributed by atoms with Gasteiger partial charge in [0, 0.05) is 19.2 Å². The minimum absolute atomic E-state index is 0.174. The minimum atomic E-state index is -3.55. The molecule has 0 spiro atoms. The summed E-state index contributed by atoms with van der Waals surface area (Å²) in [5, 5.41) is 2.66. The first kappa shape index (κ1) is 25.2. The van der Waals surface area contributed by atoms with Gasteiger partial charge in [0.1, 0.15) is 5.82 Å². The predicted octanol–water partition coefficient (Wildman–Crippen LogP) is 3.29.